The van der Waals surface area contributed by atoms with Gasteiger partial charge in [0.25, 0.3) is 0 Å². The lowest BCUT2D eigenvalue weighted by atomic mass is 10.0. The summed E-state index contributed by atoms with van der Waals surface area (Å²) >= 11 is 0. The minimum atomic E-state index is -3.57. The van der Waals surface area contributed by atoms with E-state index >= 15 is 0 Å². The second kappa shape index (κ2) is 10.7. The highest BCUT2D eigenvalue weighted by Crippen LogP contribution is 2.24. The van der Waals surface area contributed by atoms with Gasteiger partial charge in [-0.15, -0.1) is 0 Å². The minimum Gasteiger partial charge on any atom is -0.315 e. The van der Waals surface area contributed by atoms with Gasteiger partial charge >= 0.3 is 0 Å². The van der Waals surface area contributed by atoms with Gasteiger partial charge in [-0.3, -0.25) is 9.97 Å². The molecule has 0 fully saturated rings. The predicted molar refractivity (Wildman–Crippen MR) is 132 cm³/mol. The summed E-state index contributed by atoms with van der Waals surface area (Å²) in [6.45, 7) is 1.84. The van der Waals surface area contributed by atoms with Crippen molar-refractivity contribution in [2.24, 2.45) is 0 Å². The van der Waals surface area contributed by atoms with Crippen molar-refractivity contribution in [3.05, 3.63) is 91.0 Å². The van der Waals surface area contributed by atoms with E-state index in [1.54, 1.807) is 43.8 Å². The highest BCUT2D eigenvalue weighted by Gasteiger charge is 2.22. The lowest BCUT2D eigenvalue weighted by molar-refractivity contribution is 0.458. The first-order valence-electron chi connectivity index (χ1n) is 11.0. The van der Waals surface area contributed by atoms with E-state index in [-0.39, 0.29) is 0 Å². The predicted octanol–water partition coefficient (Wildman–Crippen LogP) is 4.14. The first-order valence-corrected chi connectivity index (χ1v) is 12.5. The molecule has 0 spiro atoms. The number of rotatable bonds is 10. The molecule has 0 saturated heterocycles. The van der Waals surface area contributed by atoms with Crippen LogP contribution >= 0.6 is 0 Å². The van der Waals surface area contributed by atoms with Crippen molar-refractivity contribution < 1.29 is 8.42 Å². The van der Waals surface area contributed by atoms with E-state index in [0.29, 0.717) is 23.4 Å². The molecule has 170 valence electrons. The average molecular weight is 461 g/mol. The summed E-state index contributed by atoms with van der Waals surface area (Å²) in [6, 6.07) is 19.6. The standard InChI is InChI=1S/C26H28N4O2S/c1-30(33(31,32)26-8-2-6-24-20-29-16-13-25(24)26)18-17-27-14-3-5-21-9-11-22(12-10-21)23-7-4-15-28-19-23/h2,4,6-13,15-16,19-20,27H,3,5,14,17-18H2,1H3. The second-order valence-electron chi connectivity index (χ2n) is 7.97. The van der Waals surface area contributed by atoms with E-state index < -0.39 is 10.0 Å². The van der Waals surface area contributed by atoms with Gasteiger partial charge in [0.15, 0.2) is 0 Å². The van der Waals surface area contributed by atoms with Crippen LogP contribution in [-0.4, -0.2) is 49.4 Å². The molecule has 6 nitrogen and oxygen atoms in total. The fourth-order valence-electron chi connectivity index (χ4n) is 3.78. The van der Waals surface area contributed by atoms with E-state index in [2.05, 4.69) is 45.6 Å². The van der Waals surface area contributed by atoms with Crippen molar-refractivity contribution in [3.63, 3.8) is 0 Å². The number of hydrogen-bond donors (Lipinski definition) is 1. The van der Waals surface area contributed by atoms with E-state index in [4.69, 9.17) is 0 Å². The van der Waals surface area contributed by atoms with Crippen LogP contribution in [0.15, 0.2) is 90.3 Å². The maximum absolute atomic E-state index is 13.1. The molecule has 7 heteroatoms. The fourth-order valence-corrected chi connectivity index (χ4v) is 5.16. The van der Waals surface area contributed by atoms with Crippen LogP contribution in [0.5, 0.6) is 0 Å². The van der Waals surface area contributed by atoms with E-state index in [1.165, 1.54) is 9.87 Å². The molecule has 4 rings (SSSR count). The van der Waals surface area contributed by atoms with Crippen LogP contribution < -0.4 is 5.32 Å². The lowest BCUT2D eigenvalue weighted by Gasteiger charge is -2.18. The van der Waals surface area contributed by atoms with Crippen molar-refractivity contribution in [1.82, 2.24) is 19.6 Å². The minimum absolute atomic E-state index is 0.319. The Bertz CT molecular complexity index is 1290. The molecule has 1 N–H and O–H groups in total. The topological polar surface area (TPSA) is 75.2 Å². The molecule has 4 aromatic rings. The van der Waals surface area contributed by atoms with Crippen LogP contribution in [-0.2, 0) is 16.4 Å². The molecule has 2 aromatic heterocycles. The summed E-state index contributed by atoms with van der Waals surface area (Å²) in [5, 5.41) is 4.87. The zero-order chi connectivity index (χ0) is 23.1. The molecular formula is C26H28N4O2S. The molecule has 0 unspecified atom stereocenters. The number of nitrogens with one attached hydrogen (secondary N) is 1. The maximum Gasteiger partial charge on any atom is 0.243 e. The number of aromatic nitrogens is 2. The third kappa shape index (κ3) is 5.63. The number of likely N-dealkylation sites (N-methyl/N-ethyl adjacent to an activating group) is 1. The molecule has 0 radical (unpaired) electrons. The lowest BCUT2D eigenvalue weighted by Crippen LogP contribution is -2.34. The van der Waals surface area contributed by atoms with Crippen LogP contribution in [0.2, 0.25) is 0 Å². The largest absolute Gasteiger partial charge is 0.315 e. The van der Waals surface area contributed by atoms with Gasteiger partial charge in [0.2, 0.25) is 10.0 Å². The molecule has 2 heterocycles. The first kappa shape index (κ1) is 23.0. The van der Waals surface area contributed by atoms with Crippen LogP contribution in [0, 0.1) is 0 Å². The summed E-state index contributed by atoms with van der Waals surface area (Å²) in [7, 11) is -1.94. The number of hydrogen-bond acceptors (Lipinski definition) is 5. The SMILES string of the molecule is CN(CCNCCCc1ccc(-c2cccnc2)cc1)S(=O)(=O)c1cccc2cnccc12. The Morgan fingerprint density at radius 3 is 2.45 bits per heavy atom. The Morgan fingerprint density at radius 1 is 0.848 bits per heavy atom. The molecule has 0 amide bonds. The van der Waals surface area contributed by atoms with Crippen molar-refractivity contribution in [1.29, 1.82) is 0 Å². The molecule has 0 aliphatic heterocycles. The van der Waals surface area contributed by atoms with Gasteiger partial charge < -0.3 is 5.32 Å². The van der Waals surface area contributed by atoms with E-state index in [0.717, 1.165) is 35.9 Å². The third-order valence-electron chi connectivity index (χ3n) is 5.70. The van der Waals surface area contributed by atoms with Crippen molar-refractivity contribution >= 4 is 20.8 Å². The van der Waals surface area contributed by atoms with Gasteiger partial charge in [0.1, 0.15) is 0 Å². The van der Waals surface area contributed by atoms with Gasteiger partial charge in [-0.1, -0.05) is 42.5 Å². The normalized spacial score (nSPS) is 11.8. The van der Waals surface area contributed by atoms with Crippen LogP contribution in [0.3, 0.4) is 0 Å². The molecule has 0 saturated carbocycles. The number of sulfonamides is 1. The molecule has 0 aliphatic carbocycles. The Labute approximate surface area is 195 Å². The summed E-state index contributed by atoms with van der Waals surface area (Å²) in [5.41, 5.74) is 3.57. The van der Waals surface area contributed by atoms with E-state index in [9.17, 15) is 8.42 Å². The van der Waals surface area contributed by atoms with Crippen LogP contribution in [0.4, 0.5) is 0 Å². The summed E-state index contributed by atoms with van der Waals surface area (Å²) in [4.78, 5) is 8.56. The fraction of sp³-hybridized carbons (Fsp3) is 0.231. The number of pyridine rings is 2. The quantitative estimate of drug-likeness (QED) is 0.360. The average Bonchev–Trinajstić information content (AvgIpc) is 2.86. The Morgan fingerprint density at radius 2 is 1.67 bits per heavy atom. The molecule has 0 aliphatic rings. The van der Waals surface area contributed by atoms with Gasteiger partial charge in [0, 0.05) is 55.7 Å². The number of nitrogens with zero attached hydrogens (tertiary/aromatic N) is 3. The zero-order valence-electron chi connectivity index (χ0n) is 18.7. The maximum atomic E-state index is 13.1. The molecule has 0 atom stereocenters. The summed E-state index contributed by atoms with van der Waals surface area (Å²) < 4.78 is 27.5. The van der Waals surface area contributed by atoms with Gasteiger partial charge in [0.05, 0.1) is 4.90 Å². The second-order valence-corrected chi connectivity index (χ2v) is 9.99. The molecular weight excluding hydrogens is 432 g/mol. The van der Waals surface area contributed by atoms with Crippen molar-refractivity contribution in [3.8, 4) is 11.1 Å². The van der Waals surface area contributed by atoms with E-state index in [1.807, 2.05) is 18.3 Å². The number of fused-ring (bicyclic) bond motifs is 1. The number of benzene rings is 2. The highest BCUT2D eigenvalue weighted by molar-refractivity contribution is 7.89. The molecule has 33 heavy (non-hydrogen) atoms. The zero-order valence-corrected chi connectivity index (χ0v) is 19.5. The van der Waals surface area contributed by atoms with Gasteiger partial charge in [-0.25, -0.2) is 8.42 Å². The Hall–Kier alpha value is -3.13. The van der Waals surface area contributed by atoms with Gasteiger partial charge in [-0.05, 0) is 54.3 Å². The van der Waals surface area contributed by atoms with Crippen LogP contribution in [0.1, 0.15) is 12.0 Å². The Kier molecular flexibility index (Phi) is 7.44. The smallest absolute Gasteiger partial charge is 0.243 e. The molecule has 2 aromatic carbocycles. The van der Waals surface area contributed by atoms with Crippen LogP contribution in [0.25, 0.3) is 21.9 Å². The third-order valence-corrected chi connectivity index (χ3v) is 7.62. The monoisotopic (exact) mass is 460 g/mol. The van der Waals surface area contributed by atoms with Crippen molar-refractivity contribution in [2.45, 2.75) is 17.7 Å². The van der Waals surface area contributed by atoms with Crippen molar-refractivity contribution in [2.75, 3.05) is 26.7 Å². The summed E-state index contributed by atoms with van der Waals surface area (Å²) in [6.07, 6.45) is 8.90. The first-order chi connectivity index (χ1) is 16.1. The Balaban J connectivity index is 1.23. The van der Waals surface area contributed by atoms with Gasteiger partial charge in [-0.2, -0.15) is 4.31 Å². The molecule has 0 bridgehead atoms. The highest BCUT2D eigenvalue weighted by atomic mass is 32.2. The summed E-state index contributed by atoms with van der Waals surface area (Å²) in [5.74, 6) is 0. The number of aryl methyl sites for hydroxylation is 1.